The largest absolute Gasteiger partial charge is 0.479 e. The number of aryl methyl sites for hydroxylation is 1. The van der Waals surface area contributed by atoms with Gasteiger partial charge in [0.05, 0.1) is 13.7 Å². The topological polar surface area (TPSA) is 47.3 Å². The molecule has 0 bridgehead atoms. The van der Waals surface area contributed by atoms with Gasteiger partial charge in [0.25, 0.3) is 0 Å². The van der Waals surface area contributed by atoms with Gasteiger partial charge in [-0.15, -0.1) is 0 Å². The Morgan fingerprint density at radius 1 is 1.53 bits per heavy atom. The molecule has 0 radical (unpaired) electrons. The van der Waals surface area contributed by atoms with Crippen molar-refractivity contribution in [1.29, 1.82) is 0 Å². The van der Waals surface area contributed by atoms with Gasteiger partial charge in [-0.1, -0.05) is 0 Å². The Bertz CT molecular complexity index is 570. The van der Waals surface area contributed by atoms with Crippen LogP contribution in [-0.2, 0) is 13.7 Å². The maximum Gasteiger partial charge on any atom is 0.238 e. The molecule has 0 spiro atoms. The molecule has 0 atom stereocenters. The lowest BCUT2D eigenvalue weighted by atomic mass is 10.1. The highest BCUT2D eigenvalue weighted by molar-refractivity contribution is 5.89. The van der Waals surface area contributed by atoms with Gasteiger partial charge in [-0.25, -0.2) is 4.98 Å². The van der Waals surface area contributed by atoms with Crippen molar-refractivity contribution >= 4 is 10.9 Å². The molecule has 0 aromatic carbocycles. The lowest BCUT2D eigenvalue weighted by Gasteiger charge is -2.07. The van der Waals surface area contributed by atoms with Crippen LogP contribution in [0.1, 0.15) is 30.0 Å². The molecule has 0 amide bonds. The van der Waals surface area contributed by atoms with Crippen LogP contribution in [0.4, 0.5) is 0 Å². The molecule has 3 rings (SSSR count). The third kappa shape index (κ3) is 1.52. The second-order valence-corrected chi connectivity index (χ2v) is 4.61. The Morgan fingerprint density at radius 2 is 2.29 bits per heavy atom. The molecule has 2 aromatic rings. The number of hydrogen-bond acceptors (Lipinski definition) is 3. The highest BCUT2D eigenvalue weighted by Gasteiger charge is 2.27. The molecule has 0 unspecified atom stereocenters. The number of rotatable bonds is 3. The zero-order valence-electron chi connectivity index (χ0n) is 10.1. The summed E-state index contributed by atoms with van der Waals surface area (Å²) >= 11 is 0. The fourth-order valence-electron chi connectivity index (χ4n) is 2.41. The van der Waals surface area contributed by atoms with Gasteiger partial charge in [0.15, 0.2) is 0 Å². The van der Waals surface area contributed by atoms with Crippen LogP contribution in [-0.4, -0.2) is 21.8 Å². The van der Waals surface area contributed by atoms with Gasteiger partial charge >= 0.3 is 0 Å². The van der Waals surface area contributed by atoms with Gasteiger partial charge in [-0.05, 0) is 30.4 Å². The molecule has 17 heavy (non-hydrogen) atoms. The number of aliphatic hydroxyl groups excluding tert-OH is 1. The number of fused-ring (bicyclic) bond motifs is 1. The summed E-state index contributed by atoms with van der Waals surface area (Å²) in [7, 11) is 3.57. The summed E-state index contributed by atoms with van der Waals surface area (Å²) in [5.41, 5.74) is 3.17. The monoisotopic (exact) mass is 232 g/mol. The summed E-state index contributed by atoms with van der Waals surface area (Å²) in [5, 5.41) is 10.5. The average Bonchev–Trinajstić information content (AvgIpc) is 3.13. The lowest BCUT2D eigenvalue weighted by Crippen LogP contribution is -1.98. The van der Waals surface area contributed by atoms with Gasteiger partial charge in [0.1, 0.15) is 5.52 Å². The van der Waals surface area contributed by atoms with E-state index < -0.39 is 0 Å². The molecule has 0 aliphatic heterocycles. The molecule has 1 saturated carbocycles. The van der Waals surface area contributed by atoms with E-state index in [1.54, 1.807) is 7.11 Å². The fraction of sp³-hybridized carbons (Fsp3) is 0.462. The van der Waals surface area contributed by atoms with Crippen LogP contribution in [0.5, 0.6) is 5.88 Å². The number of ether oxygens (including phenoxy) is 1. The predicted octanol–water partition coefficient (Wildman–Crippen LogP) is 1.95. The van der Waals surface area contributed by atoms with Crippen LogP contribution < -0.4 is 4.74 Å². The molecule has 2 heterocycles. The summed E-state index contributed by atoms with van der Waals surface area (Å²) in [6.45, 7) is 0.0401. The normalized spacial score (nSPS) is 15.5. The van der Waals surface area contributed by atoms with E-state index in [2.05, 4.69) is 4.98 Å². The molecular formula is C13H16N2O2. The minimum atomic E-state index is 0.0401. The Morgan fingerprint density at radius 3 is 2.88 bits per heavy atom. The maximum atomic E-state index is 9.35. The van der Waals surface area contributed by atoms with Gasteiger partial charge in [-0.2, -0.15) is 0 Å². The Labute approximate surface area is 99.8 Å². The summed E-state index contributed by atoms with van der Waals surface area (Å²) in [6, 6.07) is 2.05. The average molecular weight is 232 g/mol. The first-order chi connectivity index (χ1) is 8.26. The Balaban J connectivity index is 2.32. The Kier molecular flexibility index (Phi) is 2.33. The van der Waals surface area contributed by atoms with E-state index in [1.165, 1.54) is 23.8 Å². The maximum absolute atomic E-state index is 9.35. The number of nitrogens with zero attached hydrogens (tertiary/aromatic N) is 2. The first-order valence-electron chi connectivity index (χ1n) is 5.88. The van der Waals surface area contributed by atoms with Crippen molar-refractivity contribution < 1.29 is 9.84 Å². The predicted molar refractivity (Wildman–Crippen MR) is 65.2 cm³/mol. The van der Waals surface area contributed by atoms with Crippen molar-refractivity contribution in [1.82, 2.24) is 9.55 Å². The molecule has 4 nitrogen and oxygen atoms in total. The van der Waals surface area contributed by atoms with Crippen molar-refractivity contribution in [3.8, 4) is 5.88 Å². The van der Waals surface area contributed by atoms with E-state index in [0.29, 0.717) is 11.8 Å². The van der Waals surface area contributed by atoms with E-state index in [0.717, 1.165) is 11.2 Å². The van der Waals surface area contributed by atoms with Crippen LogP contribution in [0.2, 0.25) is 0 Å². The highest BCUT2D eigenvalue weighted by Crippen LogP contribution is 2.44. The number of aliphatic hydroxyl groups is 1. The van der Waals surface area contributed by atoms with E-state index in [1.807, 2.05) is 23.9 Å². The van der Waals surface area contributed by atoms with Crippen molar-refractivity contribution in [2.24, 2.45) is 7.05 Å². The zero-order valence-corrected chi connectivity index (χ0v) is 10.1. The highest BCUT2D eigenvalue weighted by atomic mass is 16.5. The van der Waals surface area contributed by atoms with Crippen molar-refractivity contribution in [3.05, 3.63) is 23.5 Å². The first kappa shape index (κ1) is 10.6. The fourth-order valence-corrected chi connectivity index (χ4v) is 2.41. The van der Waals surface area contributed by atoms with Crippen LogP contribution in [0.3, 0.4) is 0 Å². The second kappa shape index (κ2) is 3.74. The van der Waals surface area contributed by atoms with Gasteiger partial charge in [-0.3, -0.25) is 0 Å². The number of hydrogen-bond donors (Lipinski definition) is 1. The van der Waals surface area contributed by atoms with Crippen LogP contribution >= 0.6 is 0 Å². The van der Waals surface area contributed by atoms with Crippen LogP contribution in [0.15, 0.2) is 12.3 Å². The molecule has 1 fully saturated rings. The summed E-state index contributed by atoms with van der Waals surface area (Å²) in [4.78, 5) is 4.37. The Hall–Kier alpha value is -1.55. The second-order valence-electron chi connectivity index (χ2n) is 4.61. The van der Waals surface area contributed by atoms with E-state index in [-0.39, 0.29) is 6.61 Å². The van der Waals surface area contributed by atoms with E-state index in [4.69, 9.17) is 4.74 Å². The van der Waals surface area contributed by atoms with E-state index in [9.17, 15) is 5.11 Å². The van der Waals surface area contributed by atoms with Gasteiger partial charge < -0.3 is 14.4 Å². The minimum absolute atomic E-state index is 0.0401. The molecule has 1 aliphatic carbocycles. The number of methoxy groups -OCH3 is 1. The van der Waals surface area contributed by atoms with Crippen molar-refractivity contribution in [2.75, 3.05) is 7.11 Å². The number of pyridine rings is 1. The molecule has 0 saturated heterocycles. The van der Waals surface area contributed by atoms with Gasteiger partial charge in [0, 0.05) is 24.3 Å². The first-order valence-corrected chi connectivity index (χ1v) is 5.88. The quantitative estimate of drug-likeness (QED) is 0.879. The molecule has 90 valence electrons. The minimum Gasteiger partial charge on any atom is -0.479 e. The third-order valence-corrected chi connectivity index (χ3v) is 3.54. The molecule has 4 heteroatoms. The smallest absolute Gasteiger partial charge is 0.238 e. The molecule has 1 aliphatic rings. The number of aromatic nitrogens is 2. The molecular weight excluding hydrogens is 216 g/mol. The third-order valence-electron chi connectivity index (χ3n) is 3.54. The standard InChI is InChI=1S/C13H16N2O2/c1-15-9(7-16)5-10-11(8-3-4-8)6-14-13(17-2)12(10)15/h5-6,8,16H,3-4,7H2,1-2H3. The summed E-state index contributed by atoms with van der Waals surface area (Å²) in [5.74, 6) is 1.27. The van der Waals surface area contributed by atoms with E-state index >= 15 is 0 Å². The molecule has 2 aromatic heterocycles. The SMILES string of the molecule is COc1ncc(C2CC2)c2cc(CO)n(C)c12. The summed E-state index contributed by atoms with van der Waals surface area (Å²) in [6.07, 6.45) is 4.40. The summed E-state index contributed by atoms with van der Waals surface area (Å²) < 4.78 is 7.27. The van der Waals surface area contributed by atoms with Crippen molar-refractivity contribution in [2.45, 2.75) is 25.4 Å². The van der Waals surface area contributed by atoms with Crippen LogP contribution in [0.25, 0.3) is 10.9 Å². The van der Waals surface area contributed by atoms with Gasteiger partial charge in [0.2, 0.25) is 5.88 Å². The van der Waals surface area contributed by atoms with Crippen LogP contribution in [0, 0.1) is 0 Å². The lowest BCUT2D eigenvalue weighted by molar-refractivity contribution is 0.273. The van der Waals surface area contributed by atoms with Crippen molar-refractivity contribution in [3.63, 3.8) is 0 Å². The molecule has 1 N–H and O–H groups in total. The zero-order chi connectivity index (χ0) is 12.0.